The van der Waals surface area contributed by atoms with Crippen LogP contribution in [0.15, 0.2) is 73.1 Å². The molecule has 4 aromatic rings. The molecule has 2 heterocycles. The van der Waals surface area contributed by atoms with Crippen molar-refractivity contribution in [2.75, 3.05) is 20.3 Å². The summed E-state index contributed by atoms with van der Waals surface area (Å²) in [5.74, 6) is 0.331. The van der Waals surface area contributed by atoms with Gasteiger partial charge >= 0.3 is 5.97 Å². The second-order valence-corrected chi connectivity index (χ2v) is 7.73. The van der Waals surface area contributed by atoms with E-state index in [0.717, 1.165) is 28.9 Å². The number of hydrogen-bond donors (Lipinski definition) is 1. The Morgan fingerprint density at radius 2 is 1.62 bits per heavy atom. The number of rotatable bonds is 8. The molecule has 2 aromatic carbocycles. The summed E-state index contributed by atoms with van der Waals surface area (Å²) in [7, 11) is 1.36. The standard InChI is InChI=1S/C27H25N3O4/c1-18(31)29-13-3-15-34-22-10-8-20(9-11-22)19-4-6-21(7-5-19)26-16-23(27(32)33-2)24-17-28-14-12-25(24)30-26/h4-12,14,16-17H,3,13,15H2,1-2H3,(H,29,31). The Balaban J connectivity index is 1.49. The quantitative estimate of drug-likeness (QED) is 0.307. The van der Waals surface area contributed by atoms with Crippen LogP contribution < -0.4 is 10.1 Å². The van der Waals surface area contributed by atoms with Gasteiger partial charge < -0.3 is 14.8 Å². The molecule has 172 valence electrons. The van der Waals surface area contributed by atoms with E-state index >= 15 is 0 Å². The van der Waals surface area contributed by atoms with E-state index in [1.54, 1.807) is 24.5 Å². The lowest BCUT2D eigenvalue weighted by Gasteiger charge is -2.10. The third-order valence-electron chi connectivity index (χ3n) is 5.35. The predicted molar refractivity (Wildman–Crippen MR) is 131 cm³/mol. The molecule has 4 rings (SSSR count). The molecule has 0 unspecified atom stereocenters. The predicted octanol–water partition coefficient (Wildman–Crippen LogP) is 4.66. The van der Waals surface area contributed by atoms with Crippen molar-refractivity contribution in [3.05, 3.63) is 78.6 Å². The highest BCUT2D eigenvalue weighted by Crippen LogP contribution is 2.28. The smallest absolute Gasteiger partial charge is 0.338 e. The van der Waals surface area contributed by atoms with Gasteiger partial charge in [-0.1, -0.05) is 36.4 Å². The van der Waals surface area contributed by atoms with Crippen LogP contribution in [0, 0.1) is 0 Å². The Bertz CT molecular complexity index is 1300. The van der Waals surface area contributed by atoms with E-state index < -0.39 is 5.97 Å². The SMILES string of the molecule is COC(=O)c1cc(-c2ccc(-c3ccc(OCCCNC(C)=O)cc3)cc2)nc2ccncc12. The van der Waals surface area contributed by atoms with Crippen molar-refractivity contribution in [1.29, 1.82) is 0 Å². The van der Waals surface area contributed by atoms with Gasteiger partial charge in [-0.3, -0.25) is 9.78 Å². The highest BCUT2D eigenvalue weighted by Gasteiger charge is 2.14. The van der Waals surface area contributed by atoms with Crippen molar-refractivity contribution in [2.45, 2.75) is 13.3 Å². The third-order valence-corrected chi connectivity index (χ3v) is 5.35. The Morgan fingerprint density at radius 1 is 0.941 bits per heavy atom. The fraction of sp³-hybridized carbons (Fsp3) is 0.185. The van der Waals surface area contributed by atoms with Crippen LogP contribution in [0.1, 0.15) is 23.7 Å². The summed E-state index contributed by atoms with van der Waals surface area (Å²) in [6, 6.07) is 19.4. The van der Waals surface area contributed by atoms with Crippen LogP contribution in [-0.4, -0.2) is 42.1 Å². The number of benzene rings is 2. The normalized spacial score (nSPS) is 10.6. The van der Waals surface area contributed by atoms with E-state index in [1.165, 1.54) is 14.0 Å². The number of amides is 1. The van der Waals surface area contributed by atoms with Gasteiger partial charge in [0.1, 0.15) is 5.75 Å². The summed E-state index contributed by atoms with van der Waals surface area (Å²) >= 11 is 0. The van der Waals surface area contributed by atoms with Crippen molar-refractivity contribution in [1.82, 2.24) is 15.3 Å². The maximum absolute atomic E-state index is 12.3. The minimum absolute atomic E-state index is 0.0343. The minimum Gasteiger partial charge on any atom is -0.494 e. The Hall–Kier alpha value is -4.26. The first kappa shape index (κ1) is 22.9. The summed E-state index contributed by atoms with van der Waals surface area (Å²) in [5.41, 5.74) is 4.82. The zero-order chi connectivity index (χ0) is 23.9. The first-order chi connectivity index (χ1) is 16.5. The number of pyridine rings is 2. The molecule has 34 heavy (non-hydrogen) atoms. The van der Waals surface area contributed by atoms with Gasteiger partial charge in [0, 0.05) is 36.8 Å². The van der Waals surface area contributed by atoms with Crippen molar-refractivity contribution in [2.24, 2.45) is 0 Å². The lowest BCUT2D eigenvalue weighted by molar-refractivity contribution is -0.118. The van der Waals surface area contributed by atoms with Gasteiger partial charge in [-0.2, -0.15) is 0 Å². The van der Waals surface area contributed by atoms with Crippen LogP contribution in [0.4, 0.5) is 0 Å². The number of hydrogen-bond acceptors (Lipinski definition) is 6. The molecule has 2 aromatic heterocycles. The summed E-state index contributed by atoms with van der Waals surface area (Å²) in [6.45, 7) is 2.64. The van der Waals surface area contributed by atoms with Crippen LogP contribution in [0.3, 0.4) is 0 Å². The molecule has 7 heteroatoms. The number of esters is 1. The second kappa shape index (κ2) is 10.6. The van der Waals surface area contributed by atoms with Gasteiger partial charge in [-0.15, -0.1) is 0 Å². The van der Waals surface area contributed by atoms with E-state index in [1.807, 2.05) is 48.5 Å². The van der Waals surface area contributed by atoms with E-state index in [4.69, 9.17) is 14.5 Å². The van der Waals surface area contributed by atoms with E-state index in [0.29, 0.717) is 35.3 Å². The van der Waals surface area contributed by atoms with E-state index in [-0.39, 0.29) is 5.91 Å². The molecular weight excluding hydrogens is 430 g/mol. The largest absolute Gasteiger partial charge is 0.494 e. The van der Waals surface area contributed by atoms with Crippen molar-refractivity contribution in [3.8, 4) is 28.1 Å². The summed E-state index contributed by atoms with van der Waals surface area (Å²) < 4.78 is 10.7. The molecular formula is C27H25N3O4. The van der Waals surface area contributed by atoms with Crippen LogP contribution in [-0.2, 0) is 9.53 Å². The lowest BCUT2D eigenvalue weighted by atomic mass is 10.0. The van der Waals surface area contributed by atoms with Crippen molar-refractivity contribution in [3.63, 3.8) is 0 Å². The van der Waals surface area contributed by atoms with Gasteiger partial charge in [0.05, 0.1) is 30.5 Å². The van der Waals surface area contributed by atoms with E-state index in [9.17, 15) is 9.59 Å². The average molecular weight is 456 g/mol. The first-order valence-corrected chi connectivity index (χ1v) is 11.0. The molecule has 1 amide bonds. The molecule has 0 radical (unpaired) electrons. The number of fused-ring (bicyclic) bond motifs is 1. The second-order valence-electron chi connectivity index (χ2n) is 7.73. The fourth-order valence-electron chi connectivity index (χ4n) is 3.60. The number of nitrogens with zero attached hydrogens (tertiary/aromatic N) is 2. The van der Waals surface area contributed by atoms with Gasteiger partial charge in [0.2, 0.25) is 5.91 Å². The van der Waals surface area contributed by atoms with Crippen LogP contribution >= 0.6 is 0 Å². The molecule has 0 saturated carbocycles. The molecule has 1 N–H and O–H groups in total. The Kier molecular flexibility index (Phi) is 7.13. The van der Waals surface area contributed by atoms with Crippen molar-refractivity contribution < 1.29 is 19.1 Å². The van der Waals surface area contributed by atoms with Gasteiger partial charge in [-0.05, 0) is 41.8 Å². The highest BCUT2D eigenvalue weighted by atomic mass is 16.5. The van der Waals surface area contributed by atoms with Crippen LogP contribution in [0.25, 0.3) is 33.3 Å². The molecule has 0 spiro atoms. The minimum atomic E-state index is -0.421. The molecule has 0 saturated heterocycles. The van der Waals surface area contributed by atoms with Gasteiger partial charge in [0.25, 0.3) is 0 Å². The number of nitrogens with one attached hydrogen (secondary N) is 1. The topological polar surface area (TPSA) is 90.4 Å². The molecule has 0 aliphatic rings. The summed E-state index contributed by atoms with van der Waals surface area (Å²) in [6.07, 6.45) is 4.03. The number of ether oxygens (including phenoxy) is 2. The van der Waals surface area contributed by atoms with E-state index in [2.05, 4.69) is 10.3 Å². The maximum Gasteiger partial charge on any atom is 0.338 e. The number of carbonyl (C=O) groups is 2. The molecule has 0 fully saturated rings. The number of carbonyl (C=O) groups excluding carboxylic acids is 2. The summed E-state index contributed by atoms with van der Waals surface area (Å²) in [4.78, 5) is 32.0. The molecule has 0 aliphatic heterocycles. The molecule has 7 nitrogen and oxygen atoms in total. The summed E-state index contributed by atoms with van der Waals surface area (Å²) in [5, 5.41) is 3.41. The average Bonchev–Trinajstić information content (AvgIpc) is 2.87. The molecule has 0 aliphatic carbocycles. The monoisotopic (exact) mass is 455 g/mol. The van der Waals surface area contributed by atoms with Crippen LogP contribution in [0.5, 0.6) is 5.75 Å². The zero-order valence-electron chi connectivity index (χ0n) is 19.1. The zero-order valence-corrected chi connectivity index (χ0v) is 19.1. The Morgan fingerprint density at radius 3 is 2.29 bits per heavy atom. The van der Waals surface area contributed by atoms with Gasteiger partial charge in [0.15, 0.2) is 0 Å². The maximum atomic E-state index is 12.3. The first-order valence-electron chi connectivity index (χ1n) is 11.0. The third kappa shape index (κ3) is 5.38. The number of methoxy groups -OCH3 is 1. The number of aromatic nitrogens is 2. The van der Waals surface area contributed by atoms with Crippen molar-refractivity contribution >= 4 is 22.8 Å². The lowest BCUT2D eigenvalue weighted by Crippen LogP contribution is -2.22. The molecule has 0 bridgehead atoms. The molecule has 0 atom stereocenters. The fourth-order valence-corrected chi connectivity index (χ4v) is 3.60. The van der Waals surface area contributed by atoms with Crippen LogP contribution in [0.2, 0.25) is 0 Å². The Labute approximate surface area is 197 Å². The highest BCUT2D eigenvalue weighted by molar-refractivity contribution is 6.04. The van der Waals surface area contributed by atoms with Gasteiger partial charge in [-0.25, -0.2) is 9.78 Å².